The van der Waals surface area contributed by atoms with E-state index in [0.717, 1.165) is 17.8 Å². The van der Waals surface area contributed by atoms with Gasteiger partial charge in [0.05, 0.1) is 18.3 Å². The molecule has 4 heteroatoms. The lowest BCUT2D eigenvalue weighted by Crippen LogP contribution is -2.31. The lowest BCUT2D eigenvalue weighted by atomic mass is 10.1. The largest absolute Gasteiger partial charge is 0.415 e. The SMILES string of the molecule is CC(C)[C@@H](CO[Si](C)(C)C)N=Cc1cccc(Cc2ccccc2)n1. The summed E-state index contributed by atoms with van der Waals surface area (Å²) in [7, 11) is -1.52. The van der Waals surface area contributed by atoms with Crippen molar-refractivity contribution < 1.29 is 4.43 Å². The summed E-state index contributed by atoms with van der Waals surface area (Å²) in [6.07, 6.45) is 2.74. The summed E-state index contributed by atoms with van der Waals surface area (Å²) >= 11 is 0. The van der Waals surface area contributed by atoms with Gasteiger partial charge in [-0.2, -0.15) is 0 Å². The number of pyridine rings is 1. The molecule has 0 aliphatic rings. The van der Waals surface area contributed by atoms with Crippen LogP contribution in [-0.4, -0.2) is 32.2 Å². The lowest BCUT2D eigenvalue weighted by Gasteiger charge is -2.23. The van der Waals surface area contributed by atoms with Crippen LogP contribution in [0.3, 0.4) is 0 Å². The predicted octanol–water partition coefficient (Wildman–Crippen LogP) is 4.97. The van der Waals surface area contributed by atoms with Crippen molar-refractivity contribution >= 4 is 14.5 Å². The quantitative estimate of drug-likeness (QED) is 0.495. The predicted molar refractivity (Wildman–Crippen MR) is 109 cm³/mol. The summed E-state index contributed by atoms with van der Waals surface area (Å²) in [4.78, 5) is 9.48. The normalized spacial score (nSPS) is 13.5. The van der Waals surface area contributed by atoms with Gasteiger partial charge in [0.15, 0.2) is 8.32 Å². The van der Waals surface area contributed by atoms with E-state index in [9.17, 15) is 0 Å². The molecule has 0 radical (unpaired) electrons. The molecule has 0 unspecified atom stereocenters. The highest BCUT2D eigenvalue weighted by molar-refractivity contribution is 6.69. The van der Waals surface area contributed by atoms with Gasteiger partial charge >= 0.3 is 0 Å². The molecule has 0 aliphatic heterocycles. The molecule has 1 heterocycles. The average Bonchev–Trinajstić information content (AvgIpc) is 2.55. The number of hydrogen-bond acceptors (Lipinski definition) is 3. The van der Waals surface area contributed by atoms with Gasteiger partial charge in [-0.05, 0) is 43.3 Å². The van der Waals surface area contributed by atoms with Crippen LogP contribution in [0.2, 0.25) is 19.6 Å². The molecule has 25 heavy (non-hydrogen) atoms. The molecule has 0 N–H and O–H groups in total. The van der Waals surface area contributed by atoms with E-state index in [0.29, 0.717) is 12.5 Å². The molecule has 0 fully saturated rings. The van der Waals surface area contributed by atoms with E-state index >= 15 is 0 Å². The molecule has 0 aliphatic carbocycles. The molecule has 0 saturated heterocycles. The van der Waals surface area contributed by atoms with Crippen LogP contribution in [0.25, 0.3) is 0 Å². The Morgan fingerprint density at radius 1 is 1.04 bits per heavy atom. The molecule has 0 amide bonds. The van der Waals surface area contributed by atoms with E-state index in [4.69, 9.17) is 14.4 Å². The molecule has 1 aromatic carbocycles. The Labute approximate surface area is 153 Å². The zero-order chi connectivity index (χ0) is 18.3. The summed E-state index contributed by atoms with van der Waals surface area (Å²) in [6.45, 7) is 11.7. The maximum absolute atomic E-state index is 6.05. The smallest absolute Gasteiger partial charge is 0.183 e. The first-order chi connectivity index (χ1) is 11.8. The van der Waals surface area contributed by atoms with E-state index in [1.807, 2.05) is 18.3 Å². The van der Waals surface area contributed by atoms with E-state index < -0.39 is 8.32 Å². The second-order valence-electron chi connectivity index (χ2n) is 7.73. The summed E-state index contributed by atoms with van der Waals surface area (Å²) in [5, 5.41) is 0. The van der Waals surface area contributed by atoms with Crippen molar-refractivity contribution in [2.75, 3.05) is 6.61 Å². The average molecular weight is 355 g/mol. The van der Waals surface area contributed by atoms with Gasteiger partial charge in [-0.25, -0.2) is 0 Å². The van der Waals surface area contributed by atoms with Crippen molar-refractivity contribution in [2.24, 2.45) is 10.9 Å². The second kappa shape index (κ2) is 9.06. The molecule has 2 aromatic rings. The van der Waals surface area contributed by atoms with Gasteiger partial charge in [-0.3, -0.25) is 9.98 Å². The summed E-state index contributed by atoms with van der Waals surface area (Å²) in [6, 6.07) is 16.7. The van der Waals surface area contributed by atoms with Crippen LogP contribution < -0.4 is 0 Å². The minimum absolute atomic E-state index is 0.173. The summed E-state index contributed by atoms with van der Waals surface area (Å²) in [5.41, 5.74) is 3.24. The van der Waals surface area contributed by atoms with Crippen LogP contribution in [0.1, 0.15) is 30.8 Å². The Hall–Kier alpha value is -1.78. The minimum Gasteiger partial charge on any atom is -0.415 e. The van der Waals surface area contributed by atoms with Crippen LogP contribution in [0, 0.1) is 5.92 Å². The topological polar surface area (TPSA) is 34.5 Å². The number of nitrogens with zero attached hydrogens (tertiary/aromatic N) is 2. The van der Waals surface area contributed by atoms with Crippen LogP contribution in [-0.2, 0) is 10.8 Å². The summed E-state index contributed by atoms with van der Waals surface area (Å²) < 4.78 is 6.05. The van der Waals surface area contributed by atoms with Crippen molar-refractivity contribution in [2.45, 2.75) is 46.0 Å². The van der Waals surface area contributed by atoms with E-state index in [1.165, 1.54) is 5.56 Å². The van der Waals surface area contributed by atoms with Crippen molar-refractivity contribution in [1.82, 2.24) is 4.98 Å². The Morgan fingerprint density at radius 3 is 2.40 bits per heavy atom. The number of aromatic nitrogens is 1. The highest BCUT2D eigenvalue weighted by Crippen LogP contribution is 2.12. The molecule has 1 atom stereocenters. The highest BCUT2D eigenvalue weighted by Gasteiger charge is 2.19. The number of aliphatic imine (C=N–C) groups is 1. The lowest BCUT2D eigenvalue weighted by molar-refractivity contribution is 0.255. The Bertz CT molecular complexity index is 678. The first-order valence-corrected chi connectivity index (χ1v) is 12.4. The first kappa shape index (κ1) is 19.5. The molecule has 0 saturated carbocycles. The van der Waals surface area contributed by atoms with Gasteiger partial charge in [0, 0.05) is 18.3 Å². The Kier molecular flexibility index (Phi) is 7.08. The van der Waals surface area contributed by atoms with Gasteiger partial charge in [-0.15, -0.1) is 0 Å². The zero-order valence-electron chi connectivity index (χ0n) is 16.1. The van der Waals surface area contributed by atoms with Crippen LogP contribution >= 0.6 is 0 Å². The maximum Gasteiger partial charge on any atom is 0.183 e. The molecule has 134 valence electrons. The Balaban J connectivity index is 2.04. The third kappa shape index (κ3) is 7.32. The second-order valence-corrected chi connectivity index (χ2v) is 12.2. The first-order valence-electron chi connectivity index (χ1n) is 9.00. The van der Waals surface area contributed by atoms with Crippen LogP contribution in [0.4, 0.5) is 0 Å². The third-order valence-corrected chi connectivity index (χ3v) is 4.94. The van der Waals surface area contributed by atoms with Crippen molar-refractivity contribution in [3.05, 3.63) is 65.5 Å². The van der Waals surface area contributed by atoms with E-state index in [2.05, 4.69) is 69.9 Å². The summed E-state index contributed by atoms with van der Waals surface area (Å²) in [5.74, 6) is 0.445. The minimum atomic E-state index is -1.52. The maximum atomic E-state index is 6.05. The van der Waals surface area contributed by atoms with Crippen molar-refractivity contribution in [3.8, 4) is 0 Å². The van der Waals surface area contributed by atoms with Gasteiger partial charge in [0.1, 0.15) is 0 Å². The van der Waals surface area contributed by atoms with Gasteiger partial charge in [0.2, 0.25) is 0 Å². The molecule has 3 nitrogen and oxygen atoms in total. The van der Waals surface area contributed by atoms with E-state index in [1.54, 1.807) is 0 Å². The molecule has 0 spiro atoms. The third-order valence-electron chi connectivity index (χ3n) is 3.91. The fraction of sp³-hybridized carbons (Fsp3) is 0.429. The van der Waals surface area contributed by atoms with Gasteiger partial charge < -0.3 is 4.43 Å². The zero-order valence-corrected chi connectivity index (χ0v) is 17.1. The molecule has 1 aromatic heterocycles. The fourth-order valence-corrected chi connectivity index (χ4v) is 3.06. The van der Waals surface area contributed by atoms with Crippen molar-refractivity contribution in [3.63, 3.8) is 0 Å². The van der Waals surface area contributed by atoms with E-state index in [-0.39, 0.29) is 6.04 Å². The Morgan fingerprint density at radius 2 is 1.76 bits per heavy atom. The van der Waals surface area contributed by atoms with Crippen LogP contribution in [0.15, 0.2) is 53.5 Å². The number of benzene rings is 1. The van der Waals surface area contributed by atoms with Gasteiger partial charge in [0.25, 0.3) is 0 Å². The monoisotopic (exact) mass is 354 g/mol. The molecular formula is C21H30N2OSi. The molecular weight excluding hydrogens is 324 g/mol. The molecule has 0 bridgehead atoms. The standard InChI is InChI=1S/C21H30N2OSi/c1-17(2)21(16-24-25(3,4)5)22-15-20-13-9-12-19(23-20)14-18-10-7-6-8-11-18/h6-13,15,17,21H,14,16H2,1-5H3/t21-/m1/s1. The fourth-order valence-electron chi connectivity index (χ4n) is 2.39. The van der Waals surface area contributed by atoms with Crippen LogP contribution in [0.5, 0.6) is 0 Å². The number of rotatable bonds is 8. The van der Waals surface area contributed by atoms with Crippen molar-refractivity contribution in [1.29, 1.82) is 0 Å². The van der Waals surface area contributed by atoms with Gasteiger partial charge in [-0.1, -0.05) is 50.2 Å². The highest BCUT2D eigenvalue weighted by atomic mass is 28.4. The molecule has 2 rings (SSSR count). The number of hydrogen-bond donors (Lipinski definition) is 0.